The van der Waals surface area contributed by atoms with Crippen molar-refractivity contribution in [2.45, 2.75) is 26.4 Å². The van der Waals surface area contributed by atoms with Crippen LogP contribution < -0.4 is 4.74 Å². The molecule has 15 heavy (non-hydrogen) atoms. The standard InChI is InChI=1S/C12H16O3/c1-3-11(13)12(14)9-5-7-10(8-6-9)15-4-2/h5-8,11,13H,3-4H2,1-2H3. The first kappa shape index (κ1) is 11.7. The highest BCUT2D eigenvalue weighted by atomic mass is 16.5. The average Bonchev–Trinajstić information content (AvgIpc) is 2.28. The number of ether oxygens (including phenoxy) is 1. The number of aliphatic hydroxyl groups is 1. The SMILES string of the molecule is CCOc1ccc(C(=O)C(O)CC)cc1. The van der Waals surface area contributed by atoms with Crippen LogP contribution in [-0.4, -0.2) is 23.6 Å². The number of benzene rings is 1. The lowest BCUT2D eigenvalue weighted by Crippen LogP contribution is -2.19. The van der Waals surface area contributed by atoms with Crippen LogP contribution in [-0.2, 0) is 0 Å². The summed E-state index contributed by atoms with van der Waals surface area (Å²) in [4.78, 5) is 11.6. The molecule has 1 atom stereocenters. The van der Waals surface area contributed by atoms with E-state index in [0.29, 0.717) is 18.6 Å². The van der Waals surface area contributed by atoms with Gasteiger partial charge in [0.1, 0.15) is 11.9 Å². The minimum Gasteiger partial charge on any atom is -0.494 e. The fourth-order valence-electron chi connectivity index (χ4n) is 1.26. The van der Waals surface area contributed by atoms with Crippen molar-refractivity contribution in [3.05, 3.63) is 29.8 Å². The highest BCUT2D eigenvalue weighted by Gasteiger charge is 2.14. The zero-order chi connectivity index (χ0) is 11.3. The van der Waals surface area contributed by atoms with E-state index >= 15 is 0 Å². The molecule has 1 unspecified atom stereocenters. The molecule has 1 aromatic rings. The number of ketones is 1. The van der Waals surface area contributed by atoms with E-state index in [1.807, 2.05) is 6.92 Å². The summed E-state index contributed by atoms with van der Waals surface area (Å²) in [6, 6.07) is 6.82. The average molecular weight is 208 g/mol. The van der Waals surface area contributed by atoms with Crippen LogP contribution in [0.3, 0.4) is 0 Å². The molecule has 0 saturated carbocycles. The van der Waals surface area contributed by atoms with Gasteiger partial charge < -0.3 is 9.84 Å². The van der Waals surface area contributed by atoms with Crippen molar-refractivity contribution in [2.75, 3.05) is 6.61 Å². The van der Waals surface area contributed by atoms with E-state index in [1.165, 1.54) is 0 Å². The van der Waals surface area contributed by atoms with Gasteiger partial charge in [0.05, 0.1) is 6.61 Å². The molecule has 0 aliphatic heterocycles. The van der Waals surface area contributed by atoms with Gasteiger partial charge in [0.25, 0.3) is 0 Å². The molecule has 3 heteroatoms. The van der Waals surface area contributed by atoms with E-state index in [0.717, 1.165) is 5.75 Å². The maximum Gasteiger partial charge on any atom is 0.191 e. The third-order valence-electron chi connectivity index (χ3n) is 2.14. The van der Waals surface area contributed by atoms with Crippen LogP contribution in [0.25, 0.3) is 0 Å². The quantitative estimate of drug-likeness (QED) is 0.753. The molecular formula is C12H16O3. The highest BCUT2D eigenvalue weighted by molar-refractivity contribution is 5.99. The first-order valence-electron chi connectivity index (χ1n) is 5.14. The molecule has 82 valence electrons. The van der Waals surface area contributed by atoms with Crippen molar-refractivity contribution in [3.63, 3.8) is 0 Å². The van der Waals surface area contributed by atoms with Crippen molar-refractivity contribution < 1.29 is 14.6 Å². The summed E-state index contributed by atoms with van der Waals surface area (Å²) in [6.45, 7) is 4.28. The van der Waals surface area contributed by atoms with Crippen LogP contribution in [0.1, 0.15) is 30.6 Å². The Kier molecular flexibility index (Phi) is 4.31. The number of carbonyl (C=O) groups excluding carboxylic acids is 1. The van der Waals surface area contributed by atoms with Crippen LogP contribution in [0.4, 0.5) is 0 Å². The molecule has 0 aromatic heterocycles. The van der Waals surface area contributed by atoms with E-state index in [1.54, 1.807) is 31.2 Å². The summed E-state index contributed by atoms with van der Waals surface area (Å²) in [5, 5.41) is 9.37. The van der Waals surface area contributed by atoms with E-state index in [9.17, 15) is 9.90 Å². The summed E-state index contributed by atoms with van der Waals surface area (Å²) in [5.74, 6) is 0.501. The minimum atomic E-state index is -0.900. The zero-order valence-corrected chi connectivity index (χ0v) is 9.06. The summed E-state index contributed by atoms with van der Waals surface area (Å²) in [6.07, 6.45) is -0.463. The van der Waals surface area contributed by atoms with Gasteiger partial charge in [-0.25, -0.2) is 0 Å². The molecule has 0 bridgehead atoms. The van der Waals surface area contributed by atoms with Crippen LogP contribution in [0.2, 0.25) is 0 Å². The number of hydrogen-bond donors (Lipinski definition) is 1. The molecule has 1 N–H and O–H groups in total. The van der Waals surface area contributed by atoms with Gasteiger partial charge in [-0.1, -0.05) is 6.92 Å². The Bertz CT molecular complexity index is 316. The molecule has 1 aromatic carbocycles. The van der Waals surface area contributed by atoms with Gasteiger partial charge in [0.15, 0.2) is 5.78 Å². The number of Topliss-reactive ketones (excluding diaryl/α,β-unsaturated/α-hetero) is 1. The third-order valence-corrected chi connectivity index (χ3v) is 2.14. The predicted octanol–water partition coefficient (Wildman–Crippen LogP) is 2.04. The molecule has 0 radical (unpaired) electrons. The van der Waals surface area contributed by atoms with Gasteiger partial charge in [-0.3, -0.25) is 4.79 Å². The van der Waals surface area contributed by atoms with Crippen molar-refractivity contribution >= 4 is 5.78 Å². The number of aliphatic hydroxyl groups excluding tert-OH is 1. The smallest absolute Gasteiger partial charge is 0.191 e. The topological polar surface area (TPSA) is 46.5 Å². The first-order valence-corrected chi connectivity index (χ1v) is 5.14. The molecule has 0 heterocycles. The second kappa shape index (κ2) is 5.51. The van der Waals surface area contributed by atoms with Gasteiger partial charge in [-0.05, 0) is 37.6 Å². The van der Waals surface area contributed by atoms with E-state index in [4.69, 9.17) is 4.74 Å². The zero-order valence-electron chi connectivity index (χ0n) is 9.06. The fraction of sp³-hybridized carbons (Fsp3) is 0.417. The maximum absolute atomic E-state index is 11.6. The summed E-state index contributed by atoms with van der Waals surface area (Å²) >= 11 is 0. The molecule has 3 nitrogen and oxygen atoms in total. The molecule has 0 aliphatic rings. The fourth-order valence-corrected chi connectivity index (χ4v) is 1.26. The van der Waals surface area contributed by atoms with Gasteiger partial charge in [-0.15, -0.1) is 0 Å². The summed E-state index contributed by atoms with van der Waals surface area (Å²) < 4.78 is 5.25. The minimum absolute atomic E-state index is 0.236. The largest absolute Gasteiger partial charge is 0.494 e. The van der Waals surface area contributed by atoms with Crippen molar-refractivity contribution in [2.24, 2.45) is 0 Å². The second-order valence-electron chi connectivity index (χ2n) is 3.25. The molecule has 0 spiro atoms. The van der Waals surface area contributed by atoms with Gasteiger partial charge >= 0.3 is 0 Å². The van der Waals surface area contributed by atoms with Gasteiger partial charge in [0.2, 0.25) is 0 Å². The van der Waals surface area contributed by atoms with E-state index < -0.39 is 6.10 Å². The Balaban J connectivity index is 2.75. The molecule has 0 amide bonds. The number of rotatable bonds is 5. The number of hydrogen-bond acceptors (Lipinski definition) is 3. The molecule has 0 fully saturated rings. The Morgan fingerprint density at radius 2 is 1.93 bits per heavy atom. The summed E-state index contributed by atoms with van der Waals surface area (Å²) in [5.41, 5.74) is 0.521. The third kappa shape index (κ3) is 3.06. The second-order valence-corrected chi connectivity index (χ2v) is 3.25. The Hall–Kier alpha value is -1.35. The highest BCUT2D eigenvalue weighted by Crippen LogP contribution is 2.14. The van der Waals surface area contributed by atoms with Gasteiger partial charge in [0, 0.05) is 5.56 Å². The van der Waals surface area contributed by atoms with Gasteiger partial charge in [-0.2, -0.15) is 0 Å². The Morgan fingerprint density at radius 1 is 1.33 bits per heavy atom. The predicted molar refractivity (Wildman–Crippen MR) is 58.2 cm³/mol. The monoisotopic (exact) mass is 208 g/mol. The van der Waals surface area contributed by atoms with Crippen molar-refractivity contribution in [1.82, 2.24) is 0 Å². The van der Waals surface area contributed by atoms with E-state index in [2.05, 4.69) is 0 Å². The summed E-state index contributed by atoms with van der Waals surface area (Å²) in [7, 11) is 0. The molecule has 0 saturated heterocycles. The normalized spacial score (nSPS) is 12.2. The van der Waals surface area contributed by atoms with Crippen molar-refractivity contribution in [1.29, 1.82) is 0 Å². The molecule has 0 aliphatic carbocycles. The maximum atomic E-state index is 11.6. The van der Waals surface area contributed by atoms with Crippen LogP contribution >= 0.6 is 0 Å². The van der Waals surface area contributed by atoms with Crippen LogP contribution in [0.15, 0.2) is 24.3 Å². The molecular weight excluding hydrogens is 192 g/mol. The lowest BCUT2D eigenvalue weighted by Gasteiger charge is -2.07. The van der Waals surface area contributed by atoms with Crippen LogP contribution in [0, 0.1) is 0 Å². The van der Waals surface area contributed by atoms with Crippen LogP contribution in [0.5, 0.6) is 5.75 Å². The Labute approximate surface area is 89.7 Å². The van der Waals surface area contributed by atoms with Crippen molar-refractivity contribution in [3.8, 4) is 5.75 Å². The first-order chi connectivity index (χ1) is 7.19. The Morgan fingerprint density at radius 3 is 2.40 bits per heavy atom. The molecule has 1 rings (SSSR count). The van der Waals surface area contributed by atoms with E-state index in [-0.39, 0.29) is 5.78 Å². The number of carbonyl (C=O) groups is 1. The lowest BCUT2D eigenvalue weighted by molar-refractivity contribution is 0.0740. The lowest BCUT2D eigenvalue weighted by atomic mass is 10.0.